The van der Waals surface area contributed by atoms with E-state index in [1.165, 1.54) is 20.2 Å². The van der Waals surface area contributed by atoms with Gasteiger partial charge < -0.3 is 9.73 Å². The summed E-state index contributed by atoms with van der Waals surface area (Å²) in [5.74, 6) is -0.648. The number of benzene rings is 1. The van der Waals surface area contributed by atoms with Crippen molar-refractivity contribution in [2.45, 2.75) is 17.9 Å². The van der Waals surface area contributed by atoms with Crippen LogP contribution in [-0.2, 0) is 20.4 Å². The number of carbonyl (C=O) groups is 1. The fraction of sp³-hybridized carbons (Fsp3) is 0.286. The van der Waals surface area contributed by atoms with E-state index in [2.05, 4.69) is 10.3 Å². The molecular formula is C14H15ClN2O4S. The largest absolute Gasteiger partial charge is 0.444 e. The molecule has 0 saturated heterocycles. The quantitative estimate of drug-likeness (QED) is 0.898. The Labute approximate surface area is 133 Å². The molecule has 0 aliphatic rings. The van der Waals surface area contributed by atoms with Crippen LogP contribution in [-0.4, -0.2) is 31.6 Å². The van der Waals surface area contributed by atoms with Crippen LogP contribution in [0.3, 0.4) is 0 Å². The number of aromatic nitrogens is 1. The maximum Gasteiger partial charge on any atom is 0.237 e. The molecule has 1 N–H and O–H groups in total. The highest BCUT2D eigenvalue weighted by molar-refractivity contribution is 7.92. The Balaban J connectivity index is 2.21. The molecule has 0 fully saturated rings. The Bertz CT molecular complexity index is 786. The smallest absolute Gasteiger partial charge is 0.237 e. The van der Waals surface area contributed by atoms with Crippen LogP contribution in [0.25, 0.3) is 11.5 Å². The number of nitrogens with zero attached hydrogens (tertiary/aromatic N) is 1. The van der Waals surface area contributed by atoms with Crippen LogP contribution in [0.4, 0.5) is 0 Å². The Hall–Kier alpha value is -1.86. The molecule has 1 heterocycles. The molecule has 2 aromatic rings. The van der Waals surface area contributed by atoms with Gasteiger partial charge in [-0.15, -0.1) is 0 Å². The first-order valence-corrected chi connectivity index (χ1v) is 8.56. The van der Waals surface area contributed by atoms with Crippen LogP contribution in [0, 0.1) is 0 Å². The molecule has 6 nitrogen and oxygen atoms in total. The molecule has 0 aliphatic heterocycles. The lowest BCUT2D eigenvalue weighted by Crippen LogP contribution is -2.36. The van der Waals surface area contributed by atoms with Crippen molar-refractivity contribution in [2.75, 3.05) is 7.05 Å². The Morgan fingerprint density at radius 3 is 2.82 bits per heavy atom. The van der Waals surface area contributed by atoms with Crippen LogP contribution in [0.15, 0.2) is 34.9 Å². The van der Waals surface area contributed by atoms with Crippen molar-refractivity contribution in [1.29, 1.82) is 0 Å². The summed E-state index contributed by atoms with van der Waals surface area (Å²) in [6.45, 7) is 1.34. The number of carbonyl (C=O) groups excluding carboxylic acids is 1. The molecule has 1 amide bonds. The molecular weight excluding hydrogens is 328 g/mol. The zero-order valence-electron chi connectivity index (χ0n) is 12.0. The zero-order valence-corrected chi connectivity index (χ0v) is 13.6. The minimum Gasteiger partial charge on any atom is -0.444 e. The van der Waals surface area contributed by atoms with Gasteiger partial charge >= 0.3 is 0 Å². The second kappa shape index (κ2) is 6.50. The monoisotopic (exact) mass is 342 g/mol. The summed E-state index contributed by atoms with van der Waals surface area (Å²) in [4.78, 5) is 15.6. The predicted octanol–water partition coefficient (Wildman–Crippen LogP) is 2.04. The van der Waals surface area contributed by atoms with Crippen molar-refractivity contribution < 1.29 is 17.6 Å². The summed E-state index contributed by atoms with van der Waals surface area (Å²) >= 11 is 5.89. The van der Waals surface area contributed by atoms with E-state index >= 15 is 0 Å². The van der Waals surface area contributed by atoms with Gasteiger partial charge in [0, 0.05) is 17.6 Å². The molecule has 0 unspecified atom stereocenters. The lowest BCUT2D eigenvalue weighted by molar-refractivity contribution is -0.119. The summed E-state index contributed by atoms with van der Waals surface area (Å²) in [6.07, 6.45) is 1.27. The number of halogens is 1. The van der Waals surface area contributed by atoms with Crippen molar-refractivity contribution in [3.8, 4) is 11.5 Å². The molecule has 22 heavy (non-hydrogen) atoms. The van der Waals surface area contributed by atoms with Gasteiger partial charge in [0.2, 0.25) is 11.8 Å². The number of amides is 1. The van der Waals surface area contributed by atoms with Gasteiger partial charge in [0.1, 0.15) is 11.5 Å². The molecule has 0 spiro atoms. The number of nitrogens with one attached hydrogen (secondary N) is 1. The third kappa shape index (κ3) is 3.66. The first kappa shape index (κ1) is 16.5. The van der Waals surface area contributed by atoms with Crippen molar-refractivity contribution in [3.05, 3.63) is 41.2 Å². The minimum absolute atomic E-state index is 0.241. The molecule has 1 atom stereocenters. The highest BCUT2D eigenvalue weighted by Crippen LogP contribution is 2.23. The zero-order chi connectivity index (χ0) is 16.3. The normalized spacial score (nSPS) is 12.9. The van der Waals surface area contributed by atoms with Gasteiger partial charge in [0.05, 0.1) is 11.4 Å². The summed E-state index contributed by atoms with van der Waals surface area (Å²) in [6, 6.07) is 6.87. The van der Waals surface area contributed by atoms with Gasteiger partial charge in [-0.3, -0.25) is 4.79 Å². The lowest BCUT2D eigenvalue weighted by Gasteiger charge is -2.09. The Morgan fingerprint density at radius 2 is 2.18 bits per heavy atom. The highest BCUT2D eigenvalue weighted by atomic mass is 35.5. The lowest BCUT2D eigenvalue weighted by atomic mass is 10.2. The topological polar surface area (TPSA) is 89.3 Å². The third-order valence-corrected chi connectivity index (χ3v) is 5.35. The van der Waals surface area contributed by atoms with E-state index in [0.29, 0.717) is 10.6 Å². The van der Waals surface area contributed by atoms with Crippen molar-refractivity contribution in [2.24, 2.45) is 0 Å². The first-order valence-electron chi connectivity index (χ1n) is 6.47. The van der Waals surface area contributed by atoms with E-state index in [-0.39, 0.29) is 17.3 Å². The molecule has 1 aromatic carbocycles. The van der Waals surface area contributed by atoms with Crippen LogP contribution >= 0.6 is 11.6 Å². The maximum absolute atomic E-state index is 12.1. The Kier molecular flexibility index (Phi) is 4.87. The first-order chi connectivity index (χ1) is 10.3. The number of hydrogen-bond donors (Lipinski definition) is 1. The summed E-state index contributed by atoms with van der Waals surface area (Å²) in [7, 11) is -2.27. The summed E-state index contributed by atoms with van der Waals surface area (Å²) < 4.78 is 29.6. The van der Waals surface area contributed by atoms with Crippen LogP contribution in [0.1, 0.15) is 12.6 Å². The van der Waals surface area contributed by atoms with E-state index in [4.69, 9.17) is 16.0 Å². The average molecular weight is 343 g/mol. The fourth-order valence-electron chi connectivity index (χ4n) is 1.82. The molecule has 0 bridgehead atoms. The second-order valence-electron chi connectivity index (χ2n) is 4.72. The van der Waals surface area contributed by atoms with Gasteiger partial charge in [0.15, 0.2) is 9.84 Å². The number of hydrogen-bond acceptors (Lipinski definition) is 5. The molecule has 8 heteroatoms. The molecule has 0 aliphatic carbocycles. The summed E-state index contributed by atoms with van der Waals surface area (Å²) in [5.41, 5.74) is 0.890. The molecule has 0 saturated carbocycles. The molecule has 0 radical (unpaired) electrons. The van der Waals surface area contributed by atoms with Crippen LogP contribution in [0.2, 0.25) is 5.02 Å². The van der Waals surface area contributed by atoms with Gasteiger partial charge in [-0.2, -0.15) is 0 Å². The van der Waals surface area contributed by atoms with Gasteiger partial charge in [0.25, 0.3) is 0 Å². The van der Waals surface area contributed by atoms with E-state index in [0.717, 1.165) is 0 Å². The van der Waals surface area contributed by atoms with E-state index in [9.17, 15) is 13.2 Å². The second-order valence-corrected chi connectivity index (χ2v) is 7.48. The number of sulfone groups is 1. The van der Waals surface area contributed by atoms with Gasteiger partial charge in [-0.25, -0.2) is 13.4 Å². The van der Waals surface area contributed by atoms with Crippen LogP contribution < -0.4 is 5.32 Å². The molecule has 2 rings (SSSR count). The number of rotatable bonds is 5. The van der Waals surface area contributed by atoms with Crippen molar-refractivity contribution >= 4 is 27.3 Å². The van der Waals surface area contributed by atoms with E-state index in [1.54, 1.807) is 24.3 Å². The van der Waals surface area contributed by atoms with Crippen molar-refractivity contribution in [3.63, 3.8) is 0 Å². The van der Waals surface area contributed by atoms with E-state index < -0.39 is 21.0 Å². The molecule has 118 valence electrons. The Morgan fingerprint density at radius 1 is 1.45 bits per heavy atom. The number of oxazole rings is 1. The van der Waals surface area contributed by atoms with Gasteiger partial charge in [-0.1, -0.05) is 17.7 Å². The SMILES string of the molecule is CNC(=O)[C@@H](C)S(=O)(=O)Cc1coc(-c2cccc(Cl)c2)n1. The summed E-state index contributed by atoms with van der Waals surface area (Å²) in [5, 5.41) is 1.69. The molecule has 1 aromatic heterocycles. The van der Waals surface area contributed by atoms with E-state index in [1.807, 2.05) is 0 Å². The average Bonchev–Trinajstić information content (AvgIpc) is 2.93. The minimum atomic E-state index is -3.66. The maximum atomic E-state index is 12.1. The predicted molar refractivity (Wildman–Crippen MR) is 83.1 cm³/mol. The van der Waals surface area contributed by atoms with Crippen LogP contribution in [0.5, 0.6) is 0 Å². The fourth-order valence-corrected chi connectivity index (χ4v) is 3.25. The van der Waals surface area contributed by atoms with Gasteiger partial charge in [-0.05, 0) is 25.1 Å². The highest BCUT2D eigenvalue weighted by Gasteiger charge is 2.28. The standard InChI is InChI=1S/C14H15ClN2O4S/c1-9(13(18)16-2)22(19,20)8-12-7-21-14(17-12)10-4-3-5-11(15)6-10/h3-7,9H,8H2,1-2H3,(H,16,18)/t9-/m1/s1. The third-order valence-electron chi connectivity index (χ3n) is 3.13. The van der Waals surface area contributed by atoms with Crippen molar-refractivity contribution in [1.82, 2.24) is 10.3 Å².